The Morgan fingerprint density at radius 2 is 1.65 bits per heavy atom. The highest BCUT2D eigenvalue weighted by Crippen LogP contribution is 2.28. The van der Waals surface area contributed by atoms with E-state index in [1.54, 1.807) is 18.3 Å². The molecule has 0 unspecified atom stereocenters. The number of benzene rings is 1. The first-order valence-corrected chi connectivity index (χ1v) is 5.31. The molecular formula is C14H9FN2. The van der Waals surface area contributed by atoms with Crippen LogP contribution in [0.4, 0.5) is 4.39 Å². The SMILES string of the molecule is Fc1ncccc1-c1ccnc2ccccc12. The van der Waals surface area contributed by atoms with E-state index < -0.39 is 5.95 Å². The summed E-state index contributed by atoms with van der Waals surface area (Å²) in [7, 11) is 0. The third-order valence-corrected chi connectivity index (χ3v) is 2.70. The van der Waals surface area contributed by atoms with Crippen LogP contribution in [0.3, 0.4) is 0 Å². The van der Waals surface area contributed by atoms with Crippen LogP contribution in [-0.4, -0.2) is 9.97 Å². The van der Waals surface area contributed by atoms with Gasteiger partial charge < -0.3 is 0 Å². The van der Waals surface area contributed by atoms with E-state index in [1.807, 2.05) is 30.3 Å². The Kier molecular flexibility index (Phi) is 2.29. The third kappa shape index (κ3) is 1.65. The minimum absolute atomic E-state index is 0.455. The van der Waals surface area contributed by atoms with Crippen LogP contribution < -0.4 is 0 Å². The van der Waals surface area contributed by atoms with E-state index in [0.717, 1.165) is 16.5 Å². The summed E-state index contributed by atoms with van der Waals surface area (Å²) in [4.78, 5) is 7.93. The second-order valence-electron chi connectivity index (χ2n) is 3.72. The van der Waals surface area contributed by atoms with Gasteiger partial charge in [-0.05, 0) is 29.8 Å². The molecule has 0 saturated carbocycles. The smallest absolute Gasteiger partial charge is 0.220 e. The van der Waals surface area contributed by atoms with Crippen LogP contribution in [0, 0.1) is 5.95 Å². The van der Waals surface area contributed by atoms with Crippen molar-refractivity contribution in [1.82, 2.24) is 9.97 Å². The Morgan fingerprint density at radius 1 is 0.765 bits per heavy atom. The molecule has 0 radical (unpaired) electrons. The lowest BCUT2D eigenvalue weighted by Gasteiger charge is -2.06. The molecule has 0 N–H and O–H groups in total. The lowest BCUT2D eigenvalue weighted by atomic mass is 10.0. The van der Waals surface area contributed by atoms with E-state index in [0.29, 0.717) is 5.56 Å². The van der Waals surface area contributed by atoms with Gasteiger partial charge in [0, 0.05) is 23.3 Å². The number of para-hydroxylation sites is 1. The van der Waals surface area contributed by atoms with Crippen molar-refractivity contribution in [2.75, 3.05) is 0 Å². The molecule has 1 aromatic carbocycles. The minimum Gasteiger partial charge on any atom is -0.256 e. The molecular weight excluding hydrogens is 215 g/mol. The summed E-state index contributed by atoms with van der Waals surface area (Å²) >= 11 is 0. The maximum Gasteiger partial charge on any atom is 0.220 e. The predicted octanol–water partition coefficient (Wildman–Crippen LogP) is 3.44. The van der Waals surface area contributed by atoms with Crippen LogP contribution in [0.2, 0.25) is 0 Å². The fourth-order valence-corrected chi connectivity index (χ4v) is 1.92. The molecule has 2 heterocycles. The van der Waals surface area contributed by atoms with Gasteiger partial charge in [-0.1, -0.05) is 18.2 Å². The topological polar surface area (TPSA) is 25.8 Å². The summed E-state index contributed by atoms with van der Waals surface area (Å²) in [5.41, 5.74) is 2.18. The van der Waals surface area contributed by atoms with Gasteiger partial charge in [0.15, 0.2) is 0 Å². The van der Waals surface area contributed by atoms with Crippen LogP contribution in [0.5, 0.6) is 0 Å². The summed E-state index contributed by atoms with van der Waals surface area (Å²) in [5, 5.41) is 0.932. The third-order valence-electron chi connectivity index (χ3n) is 2.70. The molecule has 0 saturated heterocycles. The second-order valence-corrected chi connectivity index (χ2v) is 3.72. The van der Waals surface area contributed by atoms with Crippen molar-refractivity contribution in [3.8, 4) is 11.1 Å². The molecule has 3 aromatic rings. The number of pyridine rings is 2. The zero-order valence-corrected chi connectivity index (χ0v) is 8.97. The first-order valence-electron chi connectivity index (χ1n) is 5.31. The fraction of sp³-hybridized carbons (Fsp3) is 0. The summed E-state index contributed by atoms with van der Waals surface area (Å²) in [6.45, 7) is 0. The standard InChI is InChI=1S/C14H9FN2/c15-14-12(5-3-8-17-14)10-7-9-16-13-6-2-1-4-11(10)13/h1-9H. The van der Waals surface area contributed by atoms with Gasteiger partial charge in [0.05, 0.1) is 5.52 Å². The normalized spacial score (nSPS) is 10.6. The molecule has 17 heavy (non-hydrogen) atoms. The van der Waals surface area contributed by atoms with Crippen LogP contribution in [0.25, 0.3) is 22.0 Å². The van der Waals surface area contributed by atoms with Crippen LogP contribution in [0.1, 0.15) is 0 Å². The van der Waals surface area contributed by atoms with Crippen LogP contribution in [-0.2, 0) is 0 Å². The van der Waals surface area contributed by atoms with Gasteiger partial charge in [0.1, 0.15) is 0 Å². The van der Waals surface area contributed by atoms with Crippen LogP contribution in [0.15, 0.2) is 54.9 Å². The molecule has 2 aromatic heterocycles. The van der Waals surface area contributed by atoms with E-state index in [-0.39, 0.29) is 0 Å². The van der Waals surface area contributed by atoms with Gasteiger partial charge in [0.2, 0.25) is 5.95 Å². The number of rotatable bonds is 1. The van der Waals surface area contributed by atoms with Gasteiger partial charge in [-0.2, -0.15) is 4.39 Å². The Balaban J connectivity index is 2.35. The average molecular weight is 224 g/mol. The number of hydrogen-bond acceptors (Lipinski definition) is 2. The molecule has 0 aliphatic heterocycles. The molecule has 82 valence electrons. The van der Waals surface area contributed by atoms with Crippen molar-refractivity contribution in [2.24, 2.45) is 0 Å². The van der Waals surface area contributed by atoms with Crippen molar-refractivity contribution in [2.45, 2.75) is 0 Å². The highest BCUT2D eigenvalue weighted by Gasteiger charge is 2.08. The average Bonchev–Trinajstić information content (AvgIpc) is 2.39. The van der Waals surface area contributed by atoms with Crippen LogP contribution >= 0.6 is 0 Å². The quantitative estimate of drug-likeness (QED) is 0.592. The van der Waals surface area contributed by atoms with E-state index in [2.05, 4.69) is 9.97 Å². The Morgan fingerprint density at radius 3 is 2.53 bits per heavy atom. The van der Waals surface area contributed by atoms with Crippen molar-refractivity contribution in [3.05, 3.63) is 60.8 Å². The highest BCUT2D eigenvalue weighted by molar-refractivity contribution is 5.94. The second kappa shape index (κ2) is 3.94. The zero-order valence-electron chi connectivity index (χ0n) is 8.97. The number of aromatic nitrogens is 2. The van der Waals surface area contributed by atoms with Crippen molar-refractivity contribution >= 4 is 10.9 Å². The van der Waals surface area contributed by atoms with Gasteiger partial charge in [0.25, 0.3) is 0 Å². The lowest BCUT2D eigenvalue weighted by Crippen LogP contribution is -1.89. The molecule has 0 aliphatic carbocycles. The Hall–Kier alpha value is -2.29. The van der Waals surface area contributed by atoms with Gasteiger partial charge in [-0.3, -0.25) is 4.98 Å². The van der Waals surface area contributed by atoms with Crippen molar-refractivity contribution in [3.63, 3.8) is 0 Å². The molecule has 0 bridgehead atoms. The number of halogens is 1. The van der Waals surface area contributed by atoms with Gasteiger partial charge in [-0.15, -0.1) is 0 Å². The molecule has 0 spiro atoms. The van der Waals surface area contributed by atoms with E-state index in [1.165, 1.54) is 6.20 Å². The first kappa shape index (κ1) is 9.90. The van der Waals surface area contributed by atoms with Crippen molar-refractivity contribution < 1.29 is 4.39 Å². The molecule has 0 fully saturated rings. The Labute approximate surface area is 97.8 Å². The molecule has 0 amide bonds. The predicted molar refractivity (Wildman–Crippen MR) is 64.9 cm³/mol. The van der Waals surface area contributed by atoms with Gasteiger partial charge in [-0.25, -0.2) is 4.98 Å². The minimum atomic E-state index is -0.455. The largest absolute Gasteiger partial charge is 0.256 e. The van der Waals surface area contributed by atoms with Gasteiger partial charge >= 0.3 is 0 Å². The molecule has 0 atom stereocenters. The van der Waals surface area contributed by atoms with E-state index in [9.17, 15) is 4.39 Å². The maximum atomic E-state index is 13.7. The monoisotopic (exact) mass is 224 g/mol. The van der Waals surface area contributed by atoms with E-state index in [4.69, 9.17) is 0 Å². The molecule has 2 nitrogen and oxygen atoms in total. The Bertz CT molecular complexity index is 674. The molecule has 3 heteroatoms. The summed E-state index contributed by atoms with van der Waals surface area (Å²) in [5.74, 6) is -0.455. The fourth-order valence-electron chi connectivity index (χ4n) is 1.92. The zero-order chi connectivity index (χ0) is 11.7. The first-order chi connectivity index (χ1) is 8.36. The highest BCUT2D eigenvalue weighted by atomic mass is 19.1. The number of nitrogens with zero attached hydrogens (tertiary/aromatic N) is 2. The van der Waals surface area contributed by atoms with Crippen molar-refractivity contribution in [1.29, 1.82) is 0 Å². The molecule has 3 rings (SSSR count). The maximum absolute atomic E-state index is 13.7. The summed E-state index contributed by atoms with van der Waals surface area (Å²) in [6.07, 6.45) is 3.13. The molecule has 0 aliphatic rings. The summed E-state index contributed by atoms with van der Waals surface area (Å²) < 4.78 is 13.7. The number of fused-ring (bicyclic) bond motifs is 1. The lowest BCUT2D eigenvalue weighted by molar-refractivity contribution is 0.588. The number of hydrogen-bond donors (Lipinski definition) is 0. The van der Waals surface area contributed by atoms with E-state index >= 15 is 0 Å². The summed E-state index contributed by atoms with van der Waals surface area (Å²) in [6, 6.07) is 12.9.